The highest BCUT2D eigenvalue weighted by atomic mass is 32.2. The number of nitrogens with one attached hydrogen (secondary N) is 3. The van der Waals surface area contributed by atoms with Crippen molar-refractivity contribution >= 4 is 33.3 Å². The van der Waals surface area contributed by atoms with Gasteiger partial charge in [-0.3, -0.25) is 9.52 Å². The Kier molecular flexibility index (Phi) is 7.39. The second kappa shape index (κ2) is 9.41. The summed E-state index contributed by atoms with van der Waals surface area (Å²) in [6.07, 6.45) is -3.82. The minimum absolute atomic E-state index is 0.138. The molecule has 13 heteroatoms. The molecule has 1 heterocycles. The topological polar surface area (TPSA) is 117 Å². The SMILES string of the molecule is CCS(=O)(=O)Nc1ccc(NC(=O)N2CCCC2C(=O)NCC(F)(F)F)cc1OC. The number of rotatable bonds is 7. The maximum absolute atomic E-state index is 12.6. The molecule has 3 N–H and O–H groups in total. The minimum atomic E-state index is -4.54. The van der Waals surface area contributed by atoms with Crippen LogP contribution in [-0.2, 0) is 14.8 Å². The average molecular weight is 452 g/mol. The molecule has 1 aromatic carbocycles. The average Bonchev–Trinajstić information content (AvgIpc) is 3.16. The Labute approximate surface area is 172 Å². The number of hydrogen-bond donors (Lipinski definition) is 3. The molecule has 1 aliphatic rings. The van der Waals surface area contributed by atoms with Crippen LogP contribution in [0.15, 0.2) is 18.2 Å². The molecule has 3 amide bonds. The van der Waals surface area contributed by atoms with Crippen molar-refractivity contribution in [3.63, 3.8) is 0 Å². The normalized spacial score (nSPS) is 16.8. The number of urea groups is 1. The lowest BCUT2D eigenvalue weighted by Crippen LogP contribution is -2.49. The zero-order valence-electron chi connectivity index (χ0n) is 16.4. The second-order valence-electron chi connectivity index (χ2n) is 6.54. The third-order valence-corrected chi connectivity index (χ3v) is 5.67. The summed E-state index contributed by atoms with van der Waals surface area (Å²) in [5, 5.41) is 4.34. The van der Waals surface area contributed by atoms with Gasteiger partial charge in [-0.25, -0.2) is 13.2 Å². The Balaban J connectivity index is 2.08. The molecule has 0 saturated carbocycles. The van der Waals surface area contributed by atoms with Crippen LogP contribution in [-0.4, -0.2) is 63.4 Å². The Morgan fingerprint density at radius 1 is 1.30 bits per heavy atom. The van der Waals surface area contributed by atoms with E-state index in [1.807, 2.05) is 0 Å². The molecule has 1 unspecified atom stereocenters. The van der Waals surface area contributed by atoms with Crippen molar-refractivity contribution < 1.29 is 35.9 Å². The van der Waals surface area contributed by atoms with Crippen molar-refractivity contribution in [2.75, 3.05) is 36.0 Å². The molecule has 30 heavy (non-hydrogen) atoms. The number of hydrogen-bond acceptors (Lipinski definition) is 5. The Morgan fingerprint density at radius 2 is 2.00 bits per heavy atom. The van der Waals surface area contributed by atoms with E-state index in [-0.39, 0.29) is 35.8 Å². The van der Waals surface area contributed by atoms with Crippen molar-refractivity contribution in [3.8, 4) is 5.75 Å². The number of ether oxygens (including phenoxy) is 1. The van der Waals surface area contributed by atoms with Crippen LogP contribution in [0.25, 0.3) is 0 Å². The molecule has 0 spiro atoms. The summed E-state index contributed by atoms with van der Waals surface area (Å²) in [4.78, 5) is 25.8. The first-order valence-electron chi connectivity index (χ1n) is 9.06. The molecule has 2 rings (SSSR count). The number of carbonyl (C=O) groups is 2. The zero-order valence-corrected chi connectivity index (χ0v) is 17.2. The number of sulfonamides is 1. The van der Waals surface area contributed by atoms with Gasteiger partial charge in [-0.15, -0.1) is 0 Å². The summed E-state index contributed by atoms with van der Waals surface area (Å²) in [5.41, 5.74) is 0.445. The van der Waals surface area contributed by atoms with Crippen molar-refractivity contribution in [1.82, 2.24) is 10.2 Å². The molecule has 0 aromatic heterocycles. The van der Waals surface area contributed by atoms with E-state index in [1.165, 1.54) is 32.2 Å². The Bertz CT molecular complexity index is 892. The molecular formula is C17H23F3N4O5S. The first kappa shape index (κ1) is 23.6. The van der Waals surface area contributed by atoms with Gasteiger partial charge < -0.3 is 20.3 Å². The van der Waals surface area contributed by atoms with Gasteiger partial charge in [0, 0.05) is 18.3 Å². The molecule has 0 bridgehead atoms. The third-order valence-electron chi connectivity index (χ3n) is 4.38. The predicted molar refractivity (Wildman–Crippen MR) is 104 cm³/mol. The van der Waals surface area contributed by atoms with Crippen LogP contribution < -0.4 is 20.1 Å². The van der Waals surface area contributed by atoms with E-state index in [9.17, 15) is 31.2 Å². The van der Waals surface area contributed by atoms with Crippen LogP contribution in [0.3, 0.4) is 0 Å². The maximum atomic E-state index is 12.6. The van der Waals surface area contributed by atoms with Gasteiger partial charge in [0.05, 0.1) is 18.6 Å². The lowest BCUT2D eigenvalue weighted by atomic mass is 10.2. The molecule has 168 valence electrons. The number of methoxy groups -OCH3 is 1. The van der Waals surface area contributed by atoms with Gasteiger partial charge in [0.1, 0.15) is 18.3 Å². The van der Waals surface area contributed by atoms with Crippen LogP contribution in [0.5, 0.6) is 5.75 Å². The number of halogens is 3. The van der Waals surface area contributed by atoms with E-state index >= 15 is 0 Å². The summed E-state index contributed by atoms with van der Waals surface area (Å²) in [6, 6.07) is 2.55. The van der Waals surface area contributed by atoms with Gasteiger partial charge in [-0.2, -0.15) is 13.2 Å². The van der Waals surface area contributed by atoms with E-state index in [4.69, 9.17) is 4.74 Å². The minimum Gasteiger partial charge on any atom is -0.494 e. The summed E-state index contributed by atoms with van der Waals surface area (Å²) < 4.78 is 67.9. The standard InChI is InChI=1S/C17H23F3N4O5S/c1-3-30(27,28)23-12-7-6-11(9-14(12)29-2)22-16(26)24-8-4-5-13(24)15(25)21-10-17(18,19)20/h6-7,9,13,23H,3-5,8,10H2,1-2H3,(H,21,25)(H,22,26). The van der Waals surface area contributed by atoms with Gasteiger partial charge in [-0.1, -0.05) is 0 Å². The highest BCUT2D eigenvalue weighted by molar-refractivity contribution is 7.92. The smallest absolute Gasteiger partial charge is 0.405 e. The monoisotopic (exact) mass is 452 g/mol. The molecular weight excluding hydrogens is 429 g/mol. The van der Waals surface area contributed by atoms with Gasteiger partial charge >= 0.3 is 12.2 Å². The lowest BCUT2D eigenvalue weighted by molar-refractivity contribution is -0.140. The van der Waals surface area contributed by atoms with Gasteiger partial charge in [-0.05, 0) is 31.9 Å². The molecule has 0 aliphatic carbocycles. The number of nitrogens with zero attached hydrogens (tertiary/aromatic N) is 1. The van der Waals surface area contributed by atoms with Crippen LogP contribution in [0.4, 0.5) is 29.3 Å². The highest BCUT2D eigenvalue weighted by Gasteiger charge is 2.36. The number of alkyl halides is 3. The van der Waals surface area contributed by atoms with Crippen LogP contribution in [0, 0.1) is 0 Å². The van der Waals surface area contributed by atoms with E-state index in [0.717, 1.165) is 4.90 Å². The molecule has 1 aromatic rings. The number of anilines is 2. The Hall–Kier alpha value is -2.70. The second-order valence-corrected chi connectivity index (χ2v) is 8.55. The summed E-state index contributed by atoms with van der Waals surface area (Å²) in [7, 11) is -2.21. The quantitative estimate of drug-likeness (QED) is 0.586. The molecule has 1 atom stereocenters. The van der Waals surface area contributed by atoms with Crippen molar-refractivity contribution in [2.24, 2.45) is 0 Å². The first-order chi connectivity index (χ1) is 14.0. The van der Waals surface area contributed by atoms with Crippen LogP contribution >= 0.6 is 0 Å². The molecule has 1 fully saturated rings. The molecule has 9 nitrogen and oxygen atoms in total. The first-order valence-corrected chi connectivity index (χ1v) is 10.7. The summed E-state index contributed by atoms with van der Waals surface area (Å²) >= 11 is 0. The lowest BCUT2D eigenvalue weighted by Gasteiger charge is -2.24. The zero-order chi connectivity index (χ0) is 22.5. The fourth-order valence-corrected chi connectivity index (χ4v) is 3.52. The third kappa shape index (κ3) is 6.40. The van der Waals surface area contributed by atoms with Crippen molar-refractivity contribution in [3.05, 3.63) is 18.2 Å². The van der Waals surface area contributed by atoms with E-state index in [1.54, 1.807) is 5.32 Å². The Morgan fingerprint density at radius 3 is 2.60 bits per heavy atom. The largest absolute Gasteiger partial charge is 0.494 e. The van der Waals surface area contributed by atoms with Gasteiger partial charge in [0.25, 0.3) is 0 Å². The molecule has 1 saturated heterocycles. The highest BCUT2D eigenvalue weighted by Crippen LogP contribution is 2.29. The van der Waals surface area contributed by atoms with Crippen LogP contribution in [0.1, 0.15) is 19.8 Å². The summed E-state index contributed by atoms with van der Waals surface area (Å²) in [5.74, 6) is -0.853. The van der Waals surface area contributed by atoms with Crippen LogP contribution in [0.2, 0.25) is 0 Å². The van der Waals surface area contributed by atoms with E-state index < -0.39 is 40.7 Å². The van der Waals surface area contributed by atoms with Crippen molar-refractivity contribution in [1.29, 1.82) is 0 Å². The number of amides is 3. The fourth-order valence-electron chi connectivity index (χ4n) is 2.88. The van der Waals surface area contributed by atoms with Crippen molar-refractivity contribution in [2.45, 2.75) is 32.0 Å². The number of carbonyl (C=O) groups excluding carboxylic acids is 2. The fraction of sp³-hybridized carbons (Fsp3) is 0.529. The van der Waals surface area contributed by atoms with E-state index in [2.05, 4.69) is 10.0 Å². The molecule has 0 radical (unpaired) electrons. The van der Waals surface area contributed by atoms with Gasteiger partial charge in [0.2, 0.25) is 15.9 Å². The maximum Gasteiger partial charge on any atom is 0.405 e. The predicted octanol–water partition coefficient (Wildman–Crippen LogP) is 2.13. The number of likely N-dealkylation sites (tertiary alicyclic amines) is 1. The number of benzene rings is 1. The van der Waals surface area contributed by atoms with E-state index in [0.29, 0.717) is 6.42 Å². The molecule has 1 aliphatic heterocycles. The van der Waals surface area contributed by atoms with Gasteiger partial charge in [0.15, 0.2) is 0 Å². The summed E-state index contributed by atoms with van der Waals surface area (Å²) in [6.45, 7) is 0.215.